The van der Waals surface area contributed by atoms with Crippen molar-refractivity contribution in [1.29, 1.82) is 0 Å². The Morgan fingerprint density at radius 1 is 0.897 bits per heavy atom. The van der Waals surface area contributed by atoms with E-state index in [-0.39, 0.29) is 29.5 Å². The summed E-state index contributed by atoms with van der Waals surface area (Å²) in [6, 6.07) is 12.7. The molecule has 2 aliphatic heterocycles. The Bertz CT molecular complexity index is 2320. The number of rotatable bonds is 4. The molecule has 0 saturated carbocycles. The van der Waals surface area contributed by atoms with Crippen molar-refractivity contribution in [3.8, 4) is 0 Å². The molecular formula is C36H38F6N6O9S. The lowest BCUT2D eigenvalue weighted by Gasteiger charge is -2.25. The molecule has 1 atom stereocenters. The molecule has 22 heteroatoms. The van der Waals surface area contributed by atoms with Crippen molar-refractivity contribution in [3.05, 3.63) is 93.0 Å². The van der Waals surface area contributed by atoms with Gasteiger partial charge in [0.2, 0.25) is 11.8 Å². The number of benzene rings is 3. The number of hydrogen-bond acceptors (Lipinski definition) is 10. The molecule has 1 aromatic heterocycles. The van der Waals surface area contributed by atoms with Gasteiger partial charge in [0.1, 0.15) is 6.04 Å². The maximum Gasteiger partial charge on any atom is 0.490 e. The summed E-state index contributed by atoms with van der Waals surface area (Å²) in [5, 5.41) is 23.0. The van der Waals surface area contributed by atoms with Gasteiger partial charge in [-0.15, -0.1) is 0 Å². The number of hydrogen-bond donors (Lipinski definition) is 6. The third kappa shape index (κ3) is 12.2. The number of aliphatic carboxylic acids is 2. The zero-order chi connectivity index (χ0) is 43.9. The van der Waals surface area contributed by atoms with E-state index in [1.54, 1.807) is 44.2 Å². The van der Waals surface area contributed by atoms with E-state index in [1.807, 2.05) is 37.9 Å². The van der Waals surface area contributed by atoms with E-state index < -0.39 is 51.3 Å². The fraction of sp³-hybridized carbons (Fsp3) is 0.333. The van der Waals surface area contributed by atoms with Crippen LogP contribution in [0.25, 0.3) is 10.9 Å². The number of aryl methyl sites for hydroxylation is 2. The molecule has 0 fully saturated rings. The quantitative estimate of drug-likeness (QED) is 0.152. The highest BCUT2D eigenvalue weighted by molar-refractivity contribution is 7.92. The number of nitrogens with one attached hydrogen (secondary N) is 4. The minimum atomic E-state index is -5.08. The Morgan fingerprint density at radius 3 is 2.00 bits per heavy atom. The van der Waals surface area contributed by atoms with Crippen LogP contribution in [0.4, 0.5) is 37.7 Å². The third-order valence-electron chi connectivity index (χ3n) is 8.32. The summed E-state index contributed by atoms with van der Waals surface area (Å²) < 4.78 is 89.9. The van der Waals surface area contributed by atoms with Crippen LogP contribution in [-0.4, -0.2) is 88.4 Å². The predicted octanol–water partition coefficient (Wildman–Crippen LogP) is 4.84. The zero-order valence-electron chi connectivity index (χ0n) is 31.3. The smallest absolute Gasteiger partial charge is 0.475 e. The number of amides is 2. The summed E-state index contributed by atoms with van der Waals surface area (Å²) in [6.07, 6.45) is -8.83. The Hall–Kier alpha value is -6.03. The van der Waals surface area contributed by atoms with Crippen LogP contribution in [0, 0.1) is 13.8 Å². The maximum atomic E-state index is 14.0. The number of anilines is 2. The van der Waals surface area contributed by atoms with Crippen LogP contribution in [0.3, 0.4) is 0 Å². The SMILES string of the molecule is Cc1cc2cc(C)c1CN(C)CC(=O)Nc1ccc(S(=O)(=O)C(C)C)c(c1)CNC(=O)C2Nc1ccc2nc[nH]c(=O)c2c1.O=C(O)C(F)(F)F.O=C(O)C(F)(F)F. The molecule has 314 valence electrons. The van der Waals surface area contributed by atoms with Crippen LogP contribution in [-0.2, 0) is 42.1 Å². The molecule has 0 saturated heterocycles. The number of likely N-dealkylation sites (N-methyl/N-ethyl adjacent to an activating group) is 1. The third-order valence-corrected chi connectivity index (χ3v) is 10.6. The number of aromatic nitrogens is 2. The maximum absolute atomic E-state index is 14.0. The molecule has 4 aromatic rings. The minimum Gasteiger partial charge on any atom is -0.475 e. The van der Waals surface area contributed by atoms with Gasteiger partial charge in [-0.05, 0) is 99.0 Å². The van der Waals surface area contributed by atoms with E-state index >= 15 is 0 Å². The Kier molecular flexibility index (Phi) is 14.8. The highest BCUT2D eigenvalue weighted by Crippen LogP contribution is 2.29. The van der Waals surface area contributed by atoms with Crippen LogP contribution >= 0.6 is 0 Å². The van der Waals surface area contributed by atoms with Gasteiger partial charge in [0, 0.05) is 24.5 Å². The van der Waals surface area contributed by atoms with Crippen LogP contribution in [0.1, 0.15) is 47.7 Å². The van der Waals surface area contributed by atoms with E-state index in [1.165, 1.54) is 12.4 Å². The number of halogens is 6. The number of fused-ring (bicyclic) bond motifs is 10. The number of carbonyl (C=O) groups excluding carboxylic acids is 2. The molecule has 0 spiro atoms. The minimum absolute atomic E-state index is 0.0887. The Morgan fingerprint density at radius 2 is 1.47 bits per heavy atom. The topological polar surface area (TPSA) is 228 Å². The van der Waals surface area contributed by atoms with Gasteiger partial charge in [-0.1, -0.05) is 12.1 Å². The van der Waals surface area contributed by atoms with Crippen molar-refractivity contribution in [2.24, 2.45) is 0 Å². The lowest BCUT2D eigenvalue weighted by molar-refractivity contribution is -0.193. The first-order valence-corrected chi connectivity index (χ1v) is 18.3. The largest absolute Gasteiger partial charge is 0.490 e. The summed E-state index contributed by atoms with van der Waals surface area (Å²) in [4.78, 5) is 65.9. The molecular weight excluding hydrogens is 806 g/mol. The van der Waals surface area contributed by atoms with Crippen LogP contribution < -0.4 is 21.5 Å². The summed E-state index contributed by atoms with van der Waals surface area (Å²) in [7, 11) is -1.84. The van der Waals surface area contributed by atoms with Gasteiger partial charge in [-0.3, -0.25) is 19.3 Å². The number of nitrogens with zero attached hydrogens (tertiary/aromatic N) is 2. The van der Waals surface area contributed by atoms with E-state index in [0.717, 1.165) is 16.7 Å². The fourth-order valence-corrected chi connectivity index (χ4v) is 6.71. The lowest BCUT2D eigenvalue weighted by Crippen LogP contribution is -2.34. The van der Waals surface area contributed by atoms with E-state index in [0.29, 0.717) is 39.9 Å². The number of sulfone groups is 1. The van der Waals surface area contributed by atoms with Crippen LogP contribution in [0.5, 0.6) is 0 Å². The fourth-order valence-electron chi connectivity index (χ4n) is 5.45. The number of carbonyl (C=O) groups is 4. The highest BCUT2D eigenvalue weighted by atomic mass is 32.2. The van der Waals surface area contributed by atoms with Gasteiger partial charge in [0.25, 0.3) is 5.56 Å². The second-order valence-electron chi connectivity index (χ2n) is 13.1. The van der Waals surface area contributed by atoms with Crippen LogP contribution in [0.2, 0.25) is 0 Å². The Balaban J connectivity index is 0.000000550. The number of aromatic amines is 1. The van der Waals surface area contributed by atoms with Gasteiger partial charge in [0.15, 0.2) is 9.84 Å². The lowest BCUT2D eigenvalue weighted by atomic mass is 9.94. The normalized spacial score (nSPS) is 15.3. The molecule has 3 heterocycles. The van der Waals surface area contributed by atoms with Crippen molar-refractivity contribution in [2.75, 3.05) is 24.2 Å². The zero-order valence-corrected chi connectivity index (χ0v) is 32.1. The van der Waals surface area contributed by atoms with Gasteiger partial charge in [-0.2, -0.15) is 26.3 Å². The van der Waals surface area contributed by atoms with Crippen molar-refractivity contribution in [1.82, 2.24) is 20.2 Å². The van der Waals surface area contributed by atoms with E-state index in [9.17, 15) is 49.1 Å². The molecule has 4 bridgehead atoms. The Labute approximate surface area is 326 Å². The number of carboxylic acid groups (broad SMARTS) is 2. The molecule has 0 radical (unpaired) electrons. The van der Waals surface area contributed by atoms with E-state index in [4.69, 9.17) is 19.8 Å². The van der Waals surface area contributed by atoms with Crippen molar-refractivity contribution >= 4 is 55.9 Å². The predicted molar refractivity (Wildman–Crippen MR) is 198 cm³/mol. The molecule has 2 aliphatic rings. The van der Waals surface area contributed by atoms with Gasteiger partial charge in [0.05, 0.1) is 33.9 Å². The molecule has 2 amide bonds. The van der Waals surface area contributed by atoms with Gasteiger partial charge < -0.3 is 31.1 Å². The van der Waals surface area contributed by atoms with Crippen LogP contribution in [0.15, 0.2) is 64.5 Å². The molecule has 1 unspecified atom stereocenters. The summed E-state index contributed by atoms with van der Waals surface area (Å²) in [5.74, 6) is -6.15. The summed E-state index contributed by atoms with van der Waals surface area (Å²) >= 11 is 0. The standard InChI is InChI=1S/C32H36N6O5S.2C2HF3O2/c1-18(2)44(42,43)28-9-7-23-12-22(28)14-33-32(41)30(37-24-6-8-27-25(13-24)31(40)35-17-34-27)21-10-19(3)26(20(4)11-21)15-38(5)16-29(39)36-23;2*3-2(4,5)1(6)7/h6-13,17-18,30,37H,14-16H2,1-5H3,(H,33,41)(H,36,39)(H,34,35,40);2*(H,6,7). The second-order valence-corrected chi connectivity index (χ2v) is 15.6. The molecule has 3 aromatic carbocycles. The highest BCUT2D eigenvalue weighted by Gasteiger charge is 2.39. The molecule has 6 rings (SSSR count). The molecule has 0 aliphatic carbocycles. The van der Waals surface area contributed by atoms with E-state index in [2.05, 4.69) is 25.9 Å². The molecule has 6 N–H and O–H groups in total. The first-order valence-electron chi connectivity index (χ1n) is 16.8. The summed E-state index contributed by atoms with van der Waals surface area (Å²) in [6.45, 7) is 7.66. The van der Waals surface area contributed by atoms with Crippen molar-refractivity contribution in [2.45, 2.75) is 69.3 Å². The monoisotopic (exact) mass is 844 g/mol. The average Bonchev–Trinajstić information content (AvgIpc) is 3.10. The molecule has 58 heavy (non-hydrogen) atoms. The van der Waals surface area contributed by atoms with Crippen molar-refractivity contribution < 1.29 is 64.2 Å². The first-order chi connectivity index (χ1) is 26.7. The average molecular weight is 845 g/mol. The van der Waals surface area contributed by atoms with Gasteiger partial charge >= 0.3 is 24.3 Å². The van der Waals surface area contributed by atoms with Gasteiger partial charge in [-0.25, -0.2) is 23.0 Å². The second kappa shape index (κ2) is 18.5. The number of carboxylic acids is 2. The first kappa shape index (κ1) is 46.4. The number of H-pyrrole nitrogens is 1. The summed E-state index contributed by atoms with van der Waals surface area (Å²) in [5.41, 5.74) is 5.19. The van der Waals surface area contributed by atoms with Crippen molar-refractivity contribution in [3.63, 3.8) is 0 Å². The molecule has 15 nitrogen and oxygen atoms in total. The number of alkyl halides is 6.